The van der Waals surface area contributed by atoms with Crippen molar-refractivity contribution in [2.24, 2.45) is 5.92 Å². The van der Waals surface area contributed by atoms with Crippen molar-refractivity contribution in [1.82, 2.24) is 4.90 Å². The number of likely N-dealkylation sites (tertiary alicyclic amines) is 1. The molecule has 1 aliphatic rings. The van der Waals surface area contributed by atoms with Gasteiger partial charge in [-0.2, -0.15) is 0 Å². The molecular weight excluding hydrogens is 567 g/mol. The fourth-order valence-electron chi connectivity index (χ4n) is 2.10. The van der Waals surface area contributed by atoms with Gasteiger partial charge in [0.2, 0.25) is 0 Å². The van der Waals surface area contributed by atoms with Gasteiger partial charge < -0.3 is 9.64 Å². The lowest BCUT2D eigenvalue weighted by atomic mass is 9.98. The Morgan fingerprint density at radius 2 is 1.72 bits per heavy atom. The van der Waals surface area contributed by atoms with E-state index in [1.165, 1.54) is 36.6 Å². The van der Waals surface area contributed by atoms with Crippen LogP contribution in [0.2, 0.25) is 0 Å². The third kappa shape index (κ3) is 4.34. The number of halogens is 3. The van der Waals surface area contributed by atoms with Crippen LogP contribution in [0.5, 0.6) is 5.75 Å². The number of hydrogen-bond donors (Lipinski definition) is 0. The second-order valence-electron chi connectivity index (χ2n) is 4.76. The minimum Gasteiger partial charge on any atom is -0.491 e. The third-order valence-electron chi connectivity index (χ3n) is 3.26. The highest BCUT2D eigenvalue weighted by atomic mass is 127. The molecule has 0 bridgehead atoms. The van der Waals surface area contributed by atoms with E-state index in [0.717, 1.165) is 12.4 Å². The Labute approximate surface area is 150 Å². The lowest BCUT2D eigenvalue weighted by molar-refractivity contribution is 0.159. The van der Waals surface area contributed by atoms with Crippen molar-refractivity contribution in [2.45, 2.75) is 12.8 Å². The molecule has 1 aromatic carbocycles. The molecule has 0 aliphatic carbocycles. The highest BCUT2D eigenvalue weighted by Gasteiger charge is 2.18. The normalized spacial score (nSPS) is 18.0. The van der Waals surface area contributed by atoms with Gasteiger partial charge in [0.15, 0.2) is 0 Å². The topological polar surface area (TPSA) is 12.5 Å². The molecule has 1 heterocycles. The monoisotopic (exact) mass is 583 g/mol. The van der Waals surface area contributed by atoms with Gasteiger partial charge in [-0.15, -0.1) is 0 Å². The van der Waals surface area contributed by atoms with E-state index in [1.54, 1.807) is 0 Å². The Morgan fingerprint density at radius 3 is 2.28 bits per heavy atom. The van der Waals surface area contributed by atoms with Crippen molar-refractivity contribution in [3.63, 3.8) is 0 Å². The molecule has 0 spiro atoms. The Bertz CT molecular complexity index is 394. The number of rotatable bonds is 3. The van der Waals surface area contributed by atoms with Gasteiger partial charge in [-0.1, -0.05) is 0 Å². The summed E-state index contributed by atoms with van der Waals surface area (Å²) in [6.07, 6.45) is 2.52. The van der Waals surface area contributed by atoms with Crippen LogP contribution in [0.1, 0.15) is 12.8 Å². The maximum Gasteiger partial charge on any atom is 0.146 e. The van der Waals surface area contributed by atoms with E-state index in [9.17, 15) is 0 Å². The van der Waals surface area contributed by atoms with Crippen molar-refractivity contribution in [2.75, 3.05) is 26.7 Å². The fraction of sp³-hybridized carbons (Fsp3) is 0.538. The van der Waals surface area contributed by atoms with Crippen LogP contribution in [0.25, 0.3) is 0 Å². The van der Waals surface area contributed by atoms with E-state index >= 15 is 0 Å². The van der Waals surface area contributed by atoms with Crippen LogP contribution in [0.3, 0.4) is 0 Å². The van der Waals surface area contributed by atoms with Crippen molar-refractivity contribution < 1.29 is 4.74 Å². The van der Waals surface area contributed by atoms with Crippen LogP contribution >= 0.6 is 67.8 Å². The summed E-state index contributed by atoms with van der Waals surface area (Å²) in [5.41, 5.74) is 0. The van der Waals surface area contributed by atoms with Crippen LogP contribution in [0.4, 0.5) is 0 Å². The molecule has 1 aromatic rings. The van der Waals surface area contributed by atoms with Gasteiger partial charge in [-0.05, 0) is 119 Å². The summed E-state index contributed by atoms with van der Waals surface area (Å²) in [6, 6.07) is 4.35. The average Bonchev–Trinajstić information content (AvgIpc) is 2.30. The molecular formula is C13H16I3NO. The average molecular weight is 583 g/mol. The molecule has 0 amide bonds. The largest absolute Gasteiger partial charge is 0.491 e. The van der Waals surface area contributed by atoms with E-state index in [1.807, 2.05) is 0 Å². The zero-order chi connectivity index (χ0) is 13.1. The third-order valence-corrected chi connectivity index (χ3v) is 5.49. The first-order valence-electron chi connectivity index (χ1n) is 6.02. The van der Waals surface area contributed by atoms with Crippen LogP contribution in [-0.4, -0.2) is 31.6 Å². The van der Waals surface area contributed by atoms with E-state index in [2.05, 4.69) is 91.9 Å². The lowest BCUT2D eigenvalue weighted by Gasteiger charge is -2.29. The number of benzene rings is 1. The van der Waals surface area contributed by atoms with Gasteiger partial charge in [0.1, 0.15) is 5.75 Å². The van der Waals surface area contributed by atoms with Crippen LogP contribution in [0.15, 0.2) is 12.1 Å². The predicted molar refractivity (Wildman–Crippen MR) is 100 cm³/mol. The van der Waals surface area contributed by atoms with Crippen molar-refractivity contribution >= 4 is 67.8 Å². The second-order valence-corrected chi connectivity index (χ2v) is 8.33. The standard InChI is InChI=1S/C13H16I3NO/c1-17-4-2-9(3-5-17)8-18-13-11(15)6-10(14)7-12(13)16/h6-7,9H,2-5,8H2,1H3. The Morgan fingerprint density at radius 1 is 1.17 bits per heavy atom. The van der Waals surface area contributed by atoms with E-state index < -0.39 is 0 Å². The van der Waals surface area contributed by atoms with E-state index in [-0.39, 0.29) is 0 Å². The first-order valence-corrected chi connectivity index (χ1v) is 9.26. The molecule has 1 saturated heterocycles. The molecule has 18 heavy (non-hydrogen) atoms. The molecule has 0 N–H and O–H groups in total. The number of hydrogen-bond acceptors (Lipinski definition) is 2. The quantitative estimate of drug-likeness (QED) is 0.495. The molecule has 1 aliphatic heterocycles. The van der Waals surface area contributed by atoms with Crippen molar-refractivity contribution in [1.29, 1.82) is 0 Å². The molecule has 100 valence electrons. The molecule has 2 nitrogen and oxygen atoms in total. The number of ether oxygens (including phenoxy) is 1. The van der Waals surface area contributed by atoms with Gasteiger partial charge in [-0.25, -0.2) is 0 Å². The fourth-order valence-corrected chi connectivity index (χ4v) is 5.99. The van der Waals surface area contributed by atoms with E-state index in [0.29, 0.717) is 5.92 Å². The summed E-state index contributed by atoms with van der Waals surface area (Å²) >= 11 is 7.08. The molecule has 5 heteroatoms. The van der Waals surface area contributed by atoms with Gasteiger partial charge >= 0.3 is 0 Å². The van der Waals surface area contributed by atoms with Crippen LogP contribution in [-0.2, 0) is 0 Å². The minimum atomic E-state index is 0.715. The summed E-state index contributed by atoms with van der Waals surface area (Å²) in [5.74, 6) is 1.78. The number of piperidine rings is 1. The lowest BCUT2D eigenvalue weighted by Crippen LogP contribution is -2.32. The van der Waals surface area contributed by atoms with Crippen LogP contribution < -0.4 is 4.74 Å². The first-order chi connectivity index (χ1) is 8.56. The molecule has 0 atom stereocenters. The number of nitrogens with zero attached hydrogens (tertiary/aromatic N) is 1. The van der Waals surface area contributed by atoms with Gasteiger partial charge in [0.05, 0.1) is 13.7 Å². The summed E-state index contributed by atoms with van der Waals surface area (Å²) in [6.45, 7) is 3.27. The summed E-state index contributed by atoms with van der Waals surface area (Å²) in [7, 11) is 2.20. The molecule has 0 aromatic heterocycles. The molecule has 0 unspecified atom stereocenters. The molecule has 1 fully saturated rings. The van der Waals surface area contributed by atoms with E-state index in [4.69, 9.17) is 4.74 Å². The smallest absolute Gasteiger partial charge is 0.146 e. The van der Waals surface area contributed by atoms with Crippen LogP contribution in [0, 0.1) is 16.6 Å². The molecule has 2 rings (SSSR count). The summed E-state index contributed by atoms with van der Waals surface area (Å²) in [5, 5.41) is 0. The minimum absolute atomic E-state index is 0.715. The maximum absolute atomic E-state index is 6.06. The van der Waals surface area contributed by atoms with Crippen molar-refractivity contribution in [3.8, 4) is 5.75 Å². The Kier molecular flexibility index (Phi) is 6.27. The second kappa shape index (κ2) is 7.26. The first kappa shape index (κ1) is 15.6. The highest BCUT2D eigenvalue weighted by Crippen LogP contribution is 2.30. The van der Waals surface area contributed by atoms with Crippen molar-refractivity contribution in [3.05, 3.63) is 22.8 Å². The summed E-state index contributed by atoms with van der Waals surface area (Å²) in [4.78, 5) is 2.40. The van der Waals surface area contributed by atoms with Gasteiger partial charge in [0.25, 0.3) is 0 Å². The zero-order valence-corrected chi connectivity index (χ0v) is 16.7. The predicted octanol–water partition coefficient (Wildman–Crippen LogP) is 4.22. The SMILES string of the molecule is CN1CCC(COc2c(I)cc(I)cc2I)CC1. The zero-order valence-electron chi connectivity index (χ0n) is 10.3. The Hall–Kier alpha value is 1.17. The summed E-state index contributed by atoms with van der Waals surface area (Å²) < 4.78 is 9.77. The Balaban J connectivity index is 1.94. The van der Waals surface area contributed by atoms with Gasteiger partial charge in [0, 0.05) is 3.57 Å². The maximum atomic E-state index is 6.06. The highest BCUT2D eigenvalue weighted by molar-refractivity contribution is 14.1. The molecule has 0 radical (unpaired) electrons. The van der Waals surface area contributed by atoms with Gasteiger partial charge in [-0.3, -0.25) is 0 Å². The molecule has 0 saturated carbocycles.